The van der Waals surface area contributed by atoms with Crippen molar-refractivity contribution in [1.82, 2.24) is 24.7 Å². The van der Waals surface area contributed by atoms with Gasteiger partial charge >= 0.3 is 0 Å². The zero-order valence-corrected chi connectivity index (χ0v) is 11.0. The van der Waals surface area contributed by atoms with Crippen LogP contribution in [0.25, 0.3) is 5.82 Å². The number of hydrogen-bond donors (Lipinski definition) is 0. The van der Waals surface area contributed by atoms with Crippen molar-refractivity contribution in [3.8, 4) is 5.82 Å². The summed E-state index contributed by atoms with van der Waals surface area (Å²) in [6.45, 7) is 7.99. The molecule has 0 saturated heterocycles. The van der Waals surface area contributed by atoms with Gasteiger partial charge in [-0.15, -0.1) is 0 Å². The molecule has 2 rings (SSSR count). The summed E-state index contributed by atoms with van der Waals surface area (Å²) in [7, 11) is 0. The van der Waals surface area contributed by atoms with Gasteiger partial charge in [0.25, 0.3) is 0 Å². The van der Waals surface area contributed by atoms with Crippen LogP contribution in [0.15, 0.2) is 12.7 Å². The third kappa shape index (κ3) is 2.29. The molecule has 0 spiro atoms. The third-order valence-electron chi connectivity index (χ3n) is 2.37. The van der Waals surface area contributed by atoms with Crippen LogP contribution in [0.1, 0.15) is 32.2 Å². The lowest BCUT2D eigenvalue weighted by molar-refractivity contribution is 0.541. The largest absolute Gasteiger partial charge is 0.223 e. The van der Waals surface area contributed by atoms with Crippen molar-refractivity contribution in [3.63, 3.8) is 0 Å². The monoisotopic (exact) mass is 251 g/mol. The number of halogens is 1. The van der Waals surface area contributed by atoms with Crippen LogP contribution in [-0.2, 0) is 5.41 Å². The van der Waals surface area contributed by atoms with Crippen molar-refractivity contribution in [2.75, 3.05) is 0 Å². The predicted molar refractivity (Wildman–Crippen MR) is 65.4 cm³/mol. The maximum atomic E-state index is 6.13. The van der Waals surface area contributed by atoms with Gasteiger partial charge in [-0.3, -0.25) is 0 Å². The molecule has 0 amide bonds. The van der Waals surface area contributed by atoms with Crippen molar-refractivity contribution >= 4 is 11.6 Å². The van der Waals surface area contributed by atoms with E-state index in [-0.39, 0.29) is 5.41 Å². The van der Waals surface area contributed by atoms with E-state index >= 15 is 0 Å². The fraction of sp³-hybridized carbons (Fsp3) is 0.455. The lowest BCUT2D eigenvalue weighted by Gasteiger charge is -2.18. The first-order valence-corrected chi connectivity index (χ1v) is 5.67. The SMILES string of the molecule is Cc1c(Cl)nc(C(C)(C)C)nc1-n1cncn1. The minimum atomic E-state index is -0.160. The van der Waals surface area contributed by atoms with Crippen molar-refractivity contribution in [2.24, 2.45) is 0 Å². The molecule has 0 saturated carbocycles. The first-order chi connectivity index (χ1) is 7.89. The Morgan fingerprint density at radius 1 is 1.24 bits per heavy atom. The van der Waals surface area contributed by atoms with E-state index in [0.29, 0.717) is 16.8 Å². The Morgan fingerprint density at radius 3 is 2.47 bits per heavy atom. The van der Waals surface area contributed by atoms with Crippen LogP contribution in [0.3, 0.4) is 0 Å². The maximum Gasteiger partial charge on any atom is 0.163 e. The molecule has 6 heteroatoms. The van der Waals surface area contributed by atoms with Crippen LogP contribution in [-0.4, -0.2) is 24.7 Å². The Hall–Kier alpha value is -1.49. The highest BCUT2D eigenvalue weighted by molar-refractivity contribution is 6.30. The molecule has 0 radical (unpaired) electrons. The van der Waals surface area contributed by atoms with Crippen molar-refractivity contribution in [1.29, 1.82) is 0 Å². The highest BCUT2D eigenvalue weighted by Crippen LogP contribution is 2.24. The second-order valence-corrected chi connectivity index (χ2v) is 5.23. The first kappa shape index (κ1) is 12.0. The molecule has 0 unspecified atom stereocenters. The summed E-state index contributed by atoms with van der Waals surface area (Å²) in [6.07, 6.45) is 3.06. The van der Waals surface area contributed by atoms with Crippen LogP contribution in [0, 0.1) is 6.92 Å². The topological polar surface area (TPSA) is 56.5 Å². The molecule has 0 fully saturated rings. The molecular formula is C11H14ClN5. The van der Waals surface area contributed by atoms with Gasteiger partial charge in [0.15, 0.2) is 5.82 Å². The minimum absolute atomic E-state index is 0.160. The van der Waals surface area contributed by atoms with Gasteiger partial charge in [-0.1, -0.05) is 32.4 Å². The van der Waals surface area contributed by atoms with Gasteiger partial charge in [0.05, 0.1) is 0 Å². The molecule has 0 aliphatic carbocycles. The molecule has 0 bridgehead atoms. The molecule has 2 aromatic heterocycles. The smallest absolute Gasteiger partial charge is 0.163 e. The molecular weight excluding hydrogens is 238 g/mol. The van der Waals surface area contributed by atoms with E-state index in [2.05, 4.69) is 20.1 Å². The van der Waals surface area contributed by atoms with Crippen LogP contribution in [0.2, 0.25) is 5.15 Å². The lowest BCUT2D eigenvalue weighted by Crippen LogP contribution is -2.18. The average Bonchev–Trinajstić information content (AvgIpc) is 2.73. The normalized spacial score (nSPS) is 11.8. The van der Waals surface area contributed by atoms with Crippen molar-refractivity contribution in [3.05, 3.63) is 29.2 Å². The highest BCUT2D eigenvalue weighted by atomic mass is 35.5. The summed E-state index contributed by atoms with van der Waals surface area (Å²) in [5, 5.41) is 4.52. The number of rotatable bonds is 1. The van der Waals surface area contributed by atoms with E-state index in [0.717, 1.165) is 5.56 Å². The summed E-state index contributed by atoms with van der Waals surface area (Å²) in [4.78, 5) is 12.7. The predicted octanol–water partition coefficient (Wildman–Crippen LogP) is 2.32. The second-order valence-electron chi connectivity index (χ2n) is 4.88. The Bertz CT molecular complexity index is 528. The minimum Gasteiger partial charge on any atom is -0.223 e. The summed E-state index contributed by atoms with van der Waals surface area (Å²) >= 11 is 6.13. The van der Waals surface area contributed by atoms with Gasteiger partial charge in [0, 0.05) is 11.0 Å². The van der Waals surface area contributed by atoms with Gasteiger partial charge in [0.2, 0.25) is 0 Å². The Balaban J connectivity index is 2.64. The third-order valence-corrected chi connectivity index (χ3v) is 2.74. The number of nitrogens with zero attached hydrogens (tertiary/aromatic N) is 5. The van der Waals surface area contributed by atoms with E-state index < -0.39 is 0 Å². The van der Waals surface area contributed by atoms with Gasteiger partial charge in [0.1, 0.15) is 23.6 Å². The molecule has 0 aliphatic rings. The zero-order chi connectivity index (χ0) is 12.6. The van der Waals surface area contributed by atoms with Crippen LogP contribution < -0.4 is 0 Å². The van der Waals surface area contributed by atoms with Gasteiger partial charge in [-0.2, -0.15) is 5.10 Å². The molecule has 0 aliphatic heterocycles. The molecule has 90 valence electrons. The Morgan fingerprint density at radius 2 is 1.94 bits per heavy atom. The van der Waals surface area contributed by atoms with Crippen LogP contribution in [0.4, 0.5) is 0 Å². The fourth-order valence-electron chi connectivity index (χ4n) is 1.35. The first-order valence-electron chi connectivity index (χ1n) is 5.29. The van der Waals surface area contributed by atoms with Crippen molar-refractivity contribution in [2.45, 2.75) is 33.1 Å². The molecule has 2 heterocycles. The van der Waals surface area contributed by atoms with E-state index in [9.17, 15) is 0 Å². The highest BCUT2D eigenvalue weighted by Gasteiger charge is 2.21. The van der Waals surface area contributed by atoms with E-state index in [1.807, 2.05) is 27.7 Å². The van der Waals surface area contributed by atoms with Gasteiger partial charge < -0.3 is 0 Å². The van der Waals surface area contributed by atoms with Gasteiger partial charge in [-0.25, -0.2) is 19.6 Å². The van der Waals surface area contributed by atoms with E-state index in [1.165, 1.54) is 6.33 Å². The number of hydrogen-bond acceptors (Lipinski definition) is 4. The Labute approximate surface area is 105 Å². The van der Waals surface area contributed by atoms with Crippen molar-refractivity contribution < 1.29 is 0 Å². The second kappa shape index (κ2) is 4.07. The molecule has 17 heavy (non-hydrogen) atoms. The Kier molecular flexibility index (Phi) is 2.87. The summed E-state index contributed by atoms with van der Waals surface area (Å²) < 4.78 is 1.60. The zero-order valence-electron chi connectivity index (χ0n) is 10.3. The molecule has 5 nitrogen and oxygen atoms in total. The maximum absolute atomic E-state index is 6.13. The lowest BCUT2D eigenvalue weighted by atomic mass is 9.95. The fourth-order valence-corrected chi connectivity index (χ4v) is 1.52. The van der Waals surface area contributed by atoms with Crippen LogP contribution >= 0.6 is 11.6 Å². The van der Waals surface area contributed by atoms with Crippen LogP contribution in [0.5, 0.6) is 0 Å². The van der Waals surface area contributed by atoms with E-state index in [1.54, 1.807) is 11.0 Å². The number of aromatic nitrogens is 5. The standard InChI is InChI=1S/C11H14ClN5/c1-7-8(12)15-10(11(2,3)4)16-9(7)17-6-13-5-14-17/h5-6H,1-4H3. The van der Waals surface area contributed by atoms with Gasteiger partial charge in [-0.05, 0) is 6.92 Å². The molecule has 0 N–H and O–H groups in total. The average molecular weight is 252 g/mol. The summed E-state index contributed by atoms with van der Waals surface area (Å²) in [5.74, 6) is 1.37. The molecule has 0 aromatic carbocycles. The molecule has 2 aromatic rings. The van der Waals surface area contributed by atoms with E-state index in [4.69, 9.17) is 11.6 Å². The molecule has 0 atom stereocenters. The quantitative estimate of drug-likeness (QED) is 0.730. The summed E-state index contributed by atoms with van der Waals surface area (Å²) in [6, 6.07) is 0. The summed E-state index contributed by atoms with van der Waals surface area (Å²) in [5.41, 5.74) is 0.636.